The summed E-state index contributed by atoms with van der Waals surface area (Å²) in [6.07, 6.45) is 0.744. The van der Waals surface area contributed by atoms with Gasteiger partial charge in [0.1, 0.15) is 17.7 Å². The molecular formula is C15H22N6OS. The SMILES string of the molecule is Cc1cc(N2CCC(Nc3nc(C(C)(C)C)ns3)C2=O)n(C)n1. The number of carbonyl (C=O) groups excluding carboxylic acids is 1. The van der Waals surface area contributed by atoms with E-state index in [4.69, 9.17) is 0 Å². The predicted octanol–water partition coefficient (Wildman–Crippen LogP) is 2.09. The molecule has 1 N–H and O–H groups in total. The highest BCUT2D eigenvalue weighted by Gasteiger charge is 2.35. The van der Waals surface area contributed by atoms with E-state index in [1.54, 1.807) is 9.58 Å². The molecule has 7 nitrogen and oxygen atoms in total. The van der Waals surface area contributed by atoms with Gasteiger partial charge in [-0.2, -0.15) is 9.47 Å². The van der Waals surface area contributed by atoms with Gasteiger partial charge in [0.15, 0.2) is 0 Å². The van der Waals surface area contributed by atoms with Crippen LogP contribution >= 0.6 is 11.5 Å². The number of nitrogens with one attached hydrogen (secondary N) is 1. The Morgan fingerprint density at radius 2 is 2.13 bits per heavy atom. The van der Waals surface area contributed by atoms with Gasteiger partial charge in [0, 0.05) is 36.6 Å². The van der Waals surface area contributed by atoms with Crippen LogP contribution in [0.3, 0.4) is 0 Å². The van der Waals surface area contributed by atoms with Crippen LogP contribution in [0.15, 0.2) is 6.07 Å². The number of carbonyl (C=O) groups is 1. The van der Waals surface area contributed by atoms with E-state index in [1.165, 1.54) is 11.5 Å². The molecule has 124 valence electrons. The van der Waals surface area contributed by atoms with E-state index in [0.717, 1.165) is 23.8 Å². The molecule has 3 rings (SSSR count). The molecule has 1 fully saturated rings. The molecule has 0 radical (unpaired) electrons. The third kappa shape index (κ3) is 3.08. The molecule has 0 spiro atoms. The molecule has 3 heterocycles. The number of aryl methyl sites for hydroxylation is 2. The molecule has 0 aliphatic carbocycles. The zero-order valence-corrected chi connectivity index (χ0v) is 14.9. The molecular weight excluding hydrogens is 312 g/mol. The van der Waals surface area contributed by atoms with E-state index in [0.29, 0.717) is 11.7 Å². The minimum atomic E-state index is -0.258. The monoisotopic (exact) mass is 334 g/mol. The Kier molecular flexibility index (Phi) is 3.87. The quantitative estimate of drug-likeness (QED) is 0.930. The second-order valence-corrected chi connectivity index (χ2v) is 7.67. The van der Waals surface area contributed by atoms with Crippen LogP contribution in [0.5, 0.6) is 0 Å². The lowest BCUT2D eigenvalue weighted by Crippen LogP contribution is -2.34. The Morgan fingerprint density at radius 1 is 1.39 bits per heavy atom. The van der Waals surface area contributed by atoms with Gasteiger partial charge in [0.2, 0.25) is 5.13 Å². The van der Waals surface area contributed by atoms with Gasteiger partial charge >= 0.3 is 0 Å². The number of aromatic nitrogens is 4. The number of rotatable bonds is 3. The Bertz CT molecular complexity index is 729. The van der Waals surface area contributed by atoms with Crippen molar-refractivity contribution < 1.29 is 4.79 Å². The van der Waals surface area contributed by atoms with Crippen molar-refractivity contribution in [2.75, 3.05) is 16.8 Å². The van der Waals surface area contributed by atoms with Crippen LogP contribution in [-0.2, 0) is 17.3 Å². The molecule has 1 aliphatic heterocycles. The first-order chi connectivity index (χ1) is 10.8. The van der Waals surface area contributed by atoms with E-state index >= 15 is 0 Å². The van der Waals surface area contributed by atoms with Crippen LogP contribution in [0.1, 0.15) is 38.7 Å². The number of amides is 1. The average Bonchev–Trinajstić information content (AvgIpc) is 3.12. The maximum atomic E-state index is 12.7. The highest BCUT2D eigenvalue weighted by molar-refractivity contribution is 7.09. The summed E-state index contributed by atoms with van der Waals surface area (Å²) >= 11 is 1.31. The Balaban J connectivity index is 1.72. The first-order valence-corrected chi connectivity index (χ1v) is 8.46. The summed E-state index contributed by atoms with van der Waals surface area (Å²) in [5, 5.41) is 8.25. The molecule has 1 amide bonds. The normalized spacial score (nSPS) is 18.7. The van der Waals surface area contributed by atoms with Gasteiger partial charge < -0.3 is 5.32 Å². The molecule has 8 heteroatoms. The highest BCUT2D eigenvalue weighted by Crippen LogP contribution is 2.27. The average molecular weight is 334 g/mol. The fraction of sp³-hybridized carbons (Fsp3) is 0.600. The Hall–Kier alpha value is -1.96. The van der Waals surface area contributed by atoms with Crippen molar-refractivity contribution in [2.24, 2.45) is 7.05 Å². The molecule has 0 saturated carbocycles. The Labute approximate surface area is 139 Å². The van der Waals surface area contributed by atoms with Crippen LogP contribution in [-0.4, -0.2) is 37.6 Å². The molecule has 1 atom stereocenters. The minimum absolute atomic E-state index is 0.0560. The van der Waals surface area contributed by atoms with E-state index in [1.807, 2.05) is 20.0 Å². The van der Waals surface area contributed by atoms with Crippen molar-refractivity contribution >= 4 is 28.4 Å². The maximum Gasteiger partial charge on any atom is 0.250 e. The lowest BCUT2D eigenvalue weighted by atomic mass is 9.96. The third-order valence-corrected chi connectivity index (χ3v) is 4.50. The molecule has 2 aromatic rings. The number of hydrogen-bond donors (Lipinski definition) is 1. The van der Waals surface area contributed by atoms with E-state index < -0.39 is 0 Å². The van der Waals surface area contributed by atoms with Crippen molar-refractivity contribution in [3.05, 3.63) is 17.6 Å². The summed E-state index contributed by atoms with van der Waals surface area (Å²) in [4.78, 5) is 18.9. The summed E-state index contributed by atoms with van der Waals surface area (Å²) in [7, 11) is 1.86. The standard InChI is InChI=1S/C15H22N6OS/c1-9-8-11(20(5)18-9)21-7-6-10(12(21)22)16-14-17-13(19-23-14)15(2,3)4/h8,10H,6-7H2,1-5H3,(H,16,17,19). The van der Waals surface area contributed by atoms with Crippen molar-refractivity contribution in [2.45, 2.75) is 45.6 Å². The fourth-order valence-corrected chi connectivity index (χ4v) is 3.44. The first-order valence-electron chi connectivity index (χ1n) is 7.68. The van der Waals surface area contributed by atoms with Gasteiger partial charge in [-0.05, 0) is 13.3 Å². The summed E-state index contributed by atoms with van der Waals surface area (Å²) in [5.41, 5.74) is 0.819. The summed E-state index contributed by atoms with van der Waals surface area (Å²) < 4.78 is 6.13. The van der Waals surface area contributed by atoms with Gasteiger partial charge in [-0.15, -0.1) is 0 Å². The van der Waals surface area contributed by atoms with Crippen LogP contribution in [0.4, 0.5) is 10.9 Å². The fourth-order valence-electron chi connectivity index (χ4n) is 2.63. The Morgan fingerprint density at radius 3 is 2.70 bits per heavy atom. The zero-order valence-electron chi connectivity index (χ0n) is 14.1. The van der Waals surface area contributed by atoms with Crippen LogP contribution in [0, 0.1) is 6.92 Å². The van der Waals surface area contributed by atoms with E-state index in [9.17, 15) is 4.79 Å². The first kappa shape index (κ1) is 15.9. The number of hydrogen-bond acceptors (Lipinski definition) is 6. The van der Waals surface area contributed by atoms with E-state index in [2.05, 4.69) is 40.5 Å². The lowest BCUT2D eigenvalue weighted by Gasteiger charge is -2.16. The molecule has 2 aromatic heterocycles. The second-order valence-electron chi connectivity index (χ2n) is 6.92. The third-order valence-electron chi connectivity index (χ3n) is 3.85. The van der Waals surface area contributed by atoms with Crippen molar-refractivity contribution in [1.29, 1.82) is 0 Å². The van der Waals surface area contributed by atoms with Crippen LogP contribution in [0.25, 0.3) is 0 Å². The predicted molar refractivity (Wildman–Crippen MR) is 90.9 cm³/mol. The minimum Gasteiger partial charge on any atom is -0.348 e. The molecule has 1 unspecified atom stereocenters. The van der Waals surface area contributed by atoms with Gasteiger partial charge in [0.05, 0.1) is 5.69 Å². The van der Waals surface area contributed by atoms with Gasteiger partial charge in [-0.3, -0.25) is 14.4 Å². The largest absolute Gasteiger partial charge is 0.348 e. The van der Waals surface area contributed by atoms with Crippen LogP contribution < -0.4 is 10.2 Å². The molecule has 1 saturated heterocycles. The van der Waals surface area contributed by atoms with Crippen LogP contribution in [0.2, 0.25) is 0 Å². The van der Waals surface area contributed by atoms with Crippen molar-refractivity contribution in [3.8, 4) is 0 Å². The number of nitrogens with zero attached hydrogens (tertiary/aromatic N) is 5. The van der Waals surface area contributed by atoms with Gasteiger partial charge in [0.25, 0.3) is 5.91 Å². The number of anilines is 2. The summed E-state index contributed by atoms with van der Waals surface area (Å²) in [6.45, 7) is 8.83. The van der Waals surface area contributed by atoms with E-state index in [-0.39, 0.29) is 17.4 Å². The summed E-state index contributed by atoms with van der Waals surface area (Å²) in [6, 6.07) is 1.68. The van der Waals surface area contributed by atoms with Crippen molar-refractivity contribution in [3.63, 3.8) is 0 Å². The van der Waals surface area contributed by atoms with Gasteiger partial charge in [-0.25, -0.2) is 4.98 Å². The van der Waals surface area contributed by atoms with Gasteiger partial charge in [-0.1, -0.05) is 20.8 Å². The van der Waals surface area contributed by atoms with Crippen molar-refractivity contribution in [1.82, 2.24) is 19.1 Å². The molecule has 23 heavy (non-hydrogen) atoms. The molecule has 0 bridgehead atoms. The smallest absolute Gasteiger partial charge is 0.250 e. The zero-order chi connectivity index (χ0) is 16.8. The highest BCUT2D eigenvalue weighted by atomic mass is 32.1. The lowest BCUT2D eigenvalue weighted by molar-refractivity contribution is -0.117. The topological polar surface area (TPSA) is 75.9 Å². The molecule has 1 aliphatic rings. The maximum absolute atomic E-state index is 12.7. The molecule has 0 aromatic carbocycles. The second kappa shape index (κ2) is 5.59. The summed E-state index contributed by atoms with van der Waals surface area (Å²) in [5.74, 6) is 1.69.